The second-order valence-electron chi connectivity index (χ2n) is 9.36. The van der Waals surface area contributed by atoms with Crippen molar-refractivity contribution in [3.05, 3.63) is 42.1 Å². The summed E-state index contributed by atoms with van der Waals surface area (Å²) < 4.78 is 0. The number of hydrogen-bond donors (Lipinski definition) is 4. The minimum atomic E-state index is 0.0549. The fraction of sp³-hybridized carbons (Fsp3) is 0.435. The molecular weight excluding hydrogens is 376 g/mol. The van der Waals surface area contributed by atoms with Gasteiger partial charge in [-0.2, -0.15) is 0 Å². The number of phenols is 1. The van der Waals surface area contributed by atoms with Crippen molar-refractivity contribution in [3.8, 4) is 17.0 Å². The highest BCUT2D eigenvalue weighted by Crippen LogP contribution is 2.34. The van der Waals surface area contributed by atoms with E-state index in [4.69, 9.17) is 11.1 Å². The van der Waals surface area contributed by atoms with Crippen molar-refractivity contribution in [2.75, 3.05) is 11.9 Å². The van der Waals surface area contributed by atoms with Crippen molar-refractivity contribution in [3.63, 3.8) is 0 Å². The molecule has 1 aliphatic rings. The predicted octanol–water partition coefficient (Wildman–Crippen LogP) is 1.72. The Bertz CT molecular complexity index is 933. The fourth-order valence-corrected chi connectivity index (χ4v) is 4.56. The number of allylic oxidation sites excluding steroid dienone is 1. The number of anilines is 1. The third kappa shape index (κ3) is 4.62. The van der Waals surface area contributed by atoms with E-state index < -0.39 is 0 Å². The SMILES string of the molecule is CN(c1ccc(-c2ccc(C(C=[NH2+])=CN)cc2O)nn1)C1CC(C)(C)NC(C)(C)C1. The Morgan fingerprint density at radius 1 is 1.17 bits per heavy atom. The van der Waals surface area contributed by atoms with E-state index >= 15 is 0 Å². The van der Waals surface area contributed by atoms with Gasteiger partial charge >= 0.3 is 0 Å². The number of nitrogens with zero attached hydrogens (tertiary/aromatic N) is 3. The molecule has 0 spiro atoms. The first-order valence-corrected chi connectivity index (χ1v) is 10.2. The summed E-state index contributed by atoms with van der Waals surface area (Å²) in [5.41, 5.74) is 8.28. The van der Waals surface area contributed by atoms with Gasteiger partial charge in [0.1, 0.15) is 5.75 Å². The minimum absolute atomic E-state index is 0.0549. The summed E-state index contributed by atoms with van der Waals surface area (Å²) in [6.45, 7) is 8.96. The van der Waals surface area contributed by atoms with Gasteiger partial charge in [0.25, 0.3) is 0 Å². The molecule has 160 valence electrons. The summed E-state index contributed by atoms with van der Waals surface area (Å²) in [6.07, 6.45) is 4.85. The molecule has 3 rings (SSSR count). The second kappa shape index (κ2) is 8.07. The number of aromatic nitrogens is 2. The molecule has 0 amide bonds. The van der Waals surface area contributed by atoms with Gasteiger partial charge in [-0.25, -0.2) is 0 Å². The van der Waals surface area contributed by atoms with Crippen LogP contribution in [0.1, 0.15) is 46.1 Å². The summed E-state index contributed by atoms with van der Waals surface area (Å²) in [5.74, 6) is 0.922. The van der Waals surface area contributed by atoms with E-state index in [0.29, 0.717) is 22.9 Å². The third-order valence-electron chi connectivity index (χ3n) is 5.69. The molecule has 1 aliphatic heterocycles. The molecule has 0 aliphatic carbocycles. The van der Waals surface area contributed by atoms with E-state index in [-0.39, 0.29) is 16.8 Å². The zero-order valence-electron chi connectivity index (χ0n) is 18.5. The molecule has 1 aromatic carbocycles. The lowest BCUT2D eigenvalue weighted by atomic mass is 9.79. The molecule has 1 aromatic heterocycles. The molecule has 30 heavy (non-hydrogen) atoms. The van der Waals surface area contributed by atoms with Gasteiger partial charge in [0, 0.05) is 35.9 Å². The highest BCUT2D eigenvalue weighted by atomic mass is 16.3. The largest absolute Gasteiger partial charge is 0.507 e. The Kier molecular flexibility index (Phi) is 5.85. The van der Waals surface area contributed by atoms with Crippen LogP contribution in [0.4, 0.5) is 5.82 Å². The third-order valence-corrected chi connectivity index (χ3v) is 5.69. The Balaban J connectivity index is 1.82. The molecule has 2 heterocycles. The van der Waals surface area contributed by atoms with Gasteiger partial charge in [-0.05, 0) is 70.4 Å². The Morgan fingerprint density at radius 2 is 1.83 bits per heavy atom. The maximum absolute atomic E-state index is 10.5. The number of benzene rings is 1. The lowest BCUT2D eigenvalue weighted by molar-refractivity contribution is -0.103. The molecule has 1 saturated heterocycles. The van der Waals surface area contributed by atoms with Crippen LogP contribution in [0.25, 0.3) is 16.8 Å². The fourth-order valence-electron chi connectivity index (χ4n) is 4.56. The van der Waals surface area contributed by atoms with E-state index in [1.165, 1.54) is 12.4 Å². The van der Waals surface area contributed by atoms with Gasteiger partial charge in [-0.15, -0.1) is 10.2 Å². The van der Waals surface area contributed by atoms with Crippen molar-refractivity contribution in [2.45, 2.75) is 57.7 Å². The van der Waals surface area contributed by atoms with Gasteiger partial charge in [0.15, 0.2) is 12.0 Å². The van der Waals surface area contributed by atoms with Crippen LogP contribution >= 0.6 is 0 Å². The first-order valence-electron chi connectivity index (χ1n) is 10.2. The zero-order valence-corrected chi connectivity index (χ0v) is 18.5. The number of aromatic hydroxyl groups is 1. The van der Waals surface area contributed by atoms with Crippen molar-refractivity contribution >= 4 is 17.6 Å². The summed E-state index contributed by atoms with van der Waals surface area (Å²) >= 11 is 0. The molecule has 1 fully saturated rings. The van der Waals surface area contributed by atoms with Crippen molar-refractivity contribution in [1.82, 2.24) is 15.5 Å². The van der Waals surface area contributed by atoms with Gasteiger partial charge in [-0.1, -0.05) is 6.07 Å². The van der Waals surface area contributed by atoms with E-state index in [9.17, 15) is 5.11 Å². The molecule has 7 nitrogen and oxygen atoms in total. The number of hydrogen-bond acceptors (Lipinski definition) is 6. The molecule has 0 bridgehead atoms. The van der Waals surface area contributed by atoms with Crippen LogP contribution in [0, 0.1) is 0 Å². The molecule has 0 radical (unpaired) electrons. The average Bonchev–Trinajstić information content (AvgIpc) is 2.66. The smallest absolute Gasteiger partial charge is 0.169 e. The van der Waals surface area contributed by atoms with E-state index in [2.05, 4.69) is 55.2 Å². The first kappa shape index (κ1) is 21.8. The van der Waals surface area contributed by atoms with Crippen LogP contribution < -0.4 is 21.4 Å². The second-order valence-corrected chi connectivity index (χ2v) is 9.36. The van der Waals surface area contributed by atoms with Crippen molar-refractivity contribution < 1.29 is 10.5 Å². The average molecular weight is 410 g/mol. The summed E-state index contributed by atoms with van der Waals surface area (Å²) in [7, 11) is 2.07. The highest BCUT2D eigenvalue weighted by Gasteiger charge is 2.39. The van der Waals surface area contributed by atoms with Gasteiger partial charge in [-0.3, -0.25) is 5.41 Å². The number of rotatable bonds is 5. The Hall–Kier alpha value is -2.93. The molecule has 6 N–H and O–H groups in total. The maximum atomic E-state index is 10.5. The lowest BCUT2D eigenvalue weighted by Gasteiger charge is -2.49. The van der Waals surface area contributed by atoms with Gasteiger partial charge in [0.05, 0.1) is 11.3 Å². The summed E-state index contributed by atoms with van der Waals surface area (Å²) in [5, 5.41) is 28.6. The standard InChI is InChI=1S/C23H32N6O/c1-22(2)11-17(12-23(3,4)28-22)29(5)21-9-8-19(26-27-21)18-7-6-15(10-20(18)30)16(13-24)14-25/h6-10,13-14,17,24,28,30H,11-12,25H2,1-5H3/p+1. The monoisotopic (exact) mass is 409 g/mol. The van der Waals surface area contributed by atoms with Crippen LogP contribution in [-0.4, -0.2) is 45.7 Å². The lowest BCUT2D eigenvalue weighted by Crippen LogP contribution is -2.62. The number of phenolic OH excluding ortho intramolecular Hbond substituents is 1. The van der Waals surface area contributed by atoms with Gasteiger partial charge in [0.2, 0.25) is 0 Å². The predicted molar refractivity (Wildman–Crippen MR) is 122 cm³/mol. The van der Waals surface area contributed by atoms with Crippen LogP contribution in [0.5, 0.6) is 5.75 Å². The molecule has 0 saturated carbocycles. The van der Waals surface area contributed by atoms with Crippen LogP contribution in [0.15, 0.2) is 36.5 Å². The van der Waals surface area contributed by atoms with E-state index in [1.54, 1.807) is 12.1 Å². The van der Waals surface area contributed by atoms with Crippen molar-refractivity contribution in [2.24, 2.45) is 5.73 Å². The number of piperidine rings is 1. The van der Waals surface area contributed by atoms with Crippen LogP contribution in [0.2, 0.25) is 0 Å². The maximum Gasteiger partial charge on any atom is 0.169 e. The van der Waals surface area contributed by atoms with E-state index in [1.807, 2.05) is 18.2 Å². The first-order chi connectivity index (χ1) is 14.0. The van der Waals surface area contributed by atoms with Crippen LogP contribution in [0.3, 0.4) is 0 Å². The molecule has 0 unspecified atom stereocenters. The minimum Gasteiger partial charge on any atom is -0.507 e. The topological polar surface area (TPSA) is 113 Å². The summed E-state index contributed by atoms with van der Waals surface area (Å²) in [6, 6.07) is 9.47. The van der Waals surface area contributed by atoms with Crippen LogP contribution in [-0.2, 0) is 0 Å². The summed E-state index contributed by atoms with van der Waals surface area (Å²) in [4.78, 5) is 2.21. The Morgan fingerprint density at radius 3 is 2.33 bits per heavy atom. The molecule has 7 heteroatoms. The highest BCUT2D eigenvalue weighted by molar-refractivity contribution is 6.07. The normalized spacial score (nSPS) is 18.8. The van der Waals surface area contributed by atoms with E-state index in [0.717, 1.165) is 24.2 Å². The zero-order chi connectivity index (χ0) is 22.1. The number of nitrogens with two attached hydrogens (primary N) is 2. The van der Waals surface area contributed by atoms with Gasteiger partial charge < -0.3 is 21.1 Å². The molecular formula is C23H33N6O+. The molecule has 2 aromatic rings. The van der Waals surface area contributed by atoms with Crippen molar-refractivity contribution in [1.29, 1.82) is 0 Å². The quantitative estimate of drug-likeness (QED) is 0.560. The number of nitrogens with one attached hydrogen (secondary N) is 1. The molecule has 0 atom stereocenters. The Labute approximate surface area is 178 Å².